The van der Waals surface area contributed by atoms with Crippen LogP contribution in [0.25, 0.3) is 0 Å². The number of nitro groups is 1. The van der Waals surface area contributed by atoms with Crippen molar-refractivity contribution < 1.29 is 9.72 Å². The molecule has 0 spiro atoms. The minimum absolute atomic E-state index is 0.0888. The number of carbonyl (C=O) groups excluding carboxylic acids is 1. The van der Waals surface area contributed by atoms with Crippen molar-refractivity contribution in [1.29, 1.82) is 0 Å². The fraction of sp³-hybridized carbons (Fsp3) is 0.368. The van der Waals surface area contributed by atoms with Crippen molar-refractivity contribution in [1.82, 2.24) is 10.3 Å². The number of nitrogens with one attached hydrogen (secondary N) is 1. The van der Waals surface area contributed by atoms with Crippen LogP contribution < -0.4 is 5.32 Å². The first-order chi connectivity index (χ1) is 12.0. The lowest BCUT2D eigenvalue weighted by Crippen LogP contribution is -2.40. The first-order valence-electron chi connectivity index (χ1n) is 8.51. The lowest BCUT2D eigenvalue weighted by Gasteiger charge is -2.35. The Morgan fingerprint density at radius 1 is 1.20 bits per heavy atom. The summed E-state index contributed by atoms with van der Waals surface area (Å²) < 4.78 is 0. The number of hydrogen-bond donors (Lipinski definition) is 1. The van der Waals surface area contributed by atoms with Crippen LogP contribution in [0.1, 0.15) is 48.2 Å². The van der Waals surface area contributed by atoms with E-state index in [4.69, 9.17) is 0 Å². The van der Waals surface area contributed by atoms with Gasteiger partial charge in [-0.1, -0.05) is 25.1 Å². The molecule has 25 heavy (non-hydrogen) atoms. The molecule has 1 aromatic heterocycles. The molecule has 0 saturated heterocycles. The number of hydrogen-bond acceptors (Lipinski definition) is 4. The van der Waals surface area contributed by atoms with Crippen LogP contribution in [-0.4, -0.2) is 21.9 Å². The summed E-state index contributed by atoms with van der Waals surface area (Å²) in [5.41, 5.74) is 1.62. The zero-order valence-electron chi connectivity index (χ0n) is 14.1. The van der Waals surface area contributed by atoms with E-state index in [1.165, 1.54) is 0 Å². The maximum atomic E-state index is 12.3. The number of amides is 1. The molecule has 130 valence electrons. The molecule has 1 aliphatic rings. The molecule has 6 nitrogen and oxygen atoms in total. The van der Waals surface area contributed by atoms with Crippen molar-refractivity contribution in [2.75, 3.05) is 0 Å². The normalized spacial score (nSPS) is 23.0. The molecule has 0 aliphatic heterocycles. The molecule has 1 aromatic carbocycles. The number of non-ortho nitro benzene ring substituents is 1. The quantitative estimate of drug-likeness (QED) is 0.680. The van der Waals surface area contributed by atoms with Gasteiger partial charge in [-0.05, 0) is 48.8 Å². The highest BCUT2D eigenvalue weighted by molar-refractivity contribution is 5.92. The lowest BCUT2D eigenvalue weighted by atomic mass is 9.74. The lowest BCUT2D eigenvalue weighted by molar-refractivity contribution is -0.384. The molecule has 2 aromatic rings. The molecule has 6 heteroatoms. The number of aromatic nitrogens is 1. The Labute approximate surface area is 146 Å². The van der Waals surface area contributed by atoms with Gasteiger partial charge in [-0.15, -0.1) is 0 Å². The summed E-state index contributed by atoms with van der Waals surface area (Å²) >= 11 is 0. The van der Waals surface area contributed by atoms with Crippen LogP contribution in [-0.2, 0) is 0 Å². The zero-order valence-corrected chi connectivity index (χ0v) is 14.1. The van der Waals surface area contributed by atoms with E-state index in [9.17, 15) is 14.9 Å². The first-order valence-corrected chi connectivity index (χ1v) is 8.51. The van der Waals surface area contributed by atoms with E-state index < -0.39 is 0 Å². The summed E-state index contributed by atoms with van der Waals surface area (Å²) in [6, 6.07) is 12.1. The number of rotatable bonds is 4. The third-order valence-corrected chi connectivity index (χ3v) is 4.96. The van der Waals surface area contributed by atoms with Gasteiger partial charge in [0.1, 0.15) is 5.69 Å². The van der Waals surface area contributed by atoms with E-state index in [2.05, 4.69) is 17.2 Å². The SMILES string of the molecule is C[C@H]1CC[C@H](NC(=O)c2ccccn2)C[C@@H]1c1ccc([N+](=O)[O-])cc1. The van der Waals surface area contributed by atoms with Gasteiger partial charge in [-0.25, -0.2) is 0 Å². The Bertz CT molecular complexity index is 746. The highest BCUT2D eigenvalue weighted by Gasteiger charge is 2.30. The summed E-state index contributed by atoms with van der Waals surface area (Å²) in [7, 11) is 0. The van der Waals surface area contributed by atoms with E-state index in [-0.39, 0.29) is 28.5 Å². The molecular formula is C19H21N3O3. The highest BCUT2D eigenvalue weighted by Crippen LogP contribution is 2.38. The Morgan fingerprint density at radius 2 is 1.96 bits per heavy atom. The van der Waals surface area contributed by atoms with Crippen molar-refractivity contribution in [3.8, 4) is 0 Å². The molecule has 3 rings (SSSR count). The molecule has 1 fully saturated rings. The van der Waals surface area contributed by atoms with Crippen molar-refractivity contribution >= 4 is 11.6 Å². The van der Waals surface area contributed by atoms with E-state index in [1.807, 2.05) is 12.1 Å². The molecule has 1 saturated carbocycles. The van der Waals surface area contributed by atoms with E-state index in [1.54, 1.807) is 36.5 Å². The van der Waals surface area contributed by atoms with Gasteiger partial charge >= 0.3 is 0 Å². The molecule has 1 amide bonds. The number of benzene rings is 1. The van der Waals surface area contributed by atoms with Gasteiger partial charge in [0.05, 0.1) is 4.92 Å². The minimum Gasteiger partial charge on any atom is -0.348 e. The van der Waals surface area contributed by atoms with Crippen LogP contribution in [0.4, 0.5) is 5.69 Å². The maximum absolute atomic E-state index is 12.3. The number of pyridine rings is 1. The van der Waals surface area contributed by atoms with Crippen molar-refractivity contribution in [3.05, 3.63) is 70.0 Å². The number of nitrogens with zero attached hydrogens (tertiary/aromatic N) is 2. The molecule has 3 atom stereocenters. The predicted octanol–water partition coefficient (Wildman–Crippen LogP) is 3.69. The molecular weight excluding hydrogens is 318 g/mol. The van der Waals surface area contributed by atoms with E-state index in [0.29, 0.717) is 11.6 Å². The van der Waals surface area contributed by atoms with Crippen LogP contribution in [0.5, 0.6) is 0 Å². The fourth-order valence-electron chi connectivity index (χ4n) is 3.52. The highest BCUT2D eigenvalue weighted by atomic mass is 16.6. The molecule has 0 unspecified atom stereocenters. The molecule has 1 heterocycles. The average molecular weight is 339 g/mol. The molecule has 0 radical (unpaired) electrons. The molecule has 1 aliphatic carbocycles. The second-order valence-electron chi connectivity index (χ2n) is 6.63. The van der Waals surface area contributed by atoms with Gasteiger partial charge in [0, 0.05) is 24.4 Å². The summed E-state index contributed by atoms with van der Waals surface area (Å²) in [5.74, 6) is 0.607. The Kier molecular flexibility index (Phi) is 5.07. The predicted molar refractivity (Wildman–Crippen MR) is 94.3 cm³/mol. The van der Waals surface area contributed by atoms with Gasteiger partial charge in [-0.3, -0.25) is 19.9 Å². The minimum atomic E-state index is -0.385. The van der Waals surface area contributed by atoms with Gasteiger partial charge in [0.2, 0.25) is 0 Å². The first kappa shape index (κ1) is 17.1. The number of carbonyl (C=O) groups is 1. The summed E-state index contributed by atoms with van der Waals surface area (Å²) in [6.07, 6.45) is 4.38. The summed E-state index contributed by atoms with van der Waals surface area (Å²) in [5, 5.41) is 13.9. The standard InChI is InChI=1S/C19H21N3O3/c1-13-5-8-15(21-19(23)18-4-2-3-11-20-18)12-17(13)14-6-9-16(10-7-14)22(24)25/h2-4,6-7,9-11,13,15,17H,5,8,12H2,1H3,(H,21,23)/t13-,15-,17-/m0/s1. The maximum Gasteiger partial charge on any atom is 0.270 e. The van der Waals surface area contributed by atoms with Crippen LogP contribution in [0.15, 0.2) is 48.7 Å². The van der Waals surface area contributed by atoms with Crippen molar-refractivity contribution in [2.24, 2.45) is 5.92 Å². The largest absolute Gasteiger partial charge is 0.348 e. The topological polar surface area (TPSA) is 85.1 Å². The van der Waals surface area contributed by atoms with Crippen molar-refractivity contribution in [2.45, 2.75) is 38.1 Å². The van der Waals surface area contributed by atoms with Gasteiger partial charge in [0.25, 0.3) is 11.6 Å². The Hall–Kier alpha value is -2.76. The third kappa shape index (κ3) is 4.02. The van der Waals surface area contributed by atoms with Gasteiger partial charge in [-0.2, -0.15) is 0 Å². The van der Waals surface area contributed by atoms with Crippen LogP contribution in [0.2, 0.25) is 0 Å². The zero-order chi connectivity index (χ0) is 17.8. The monoisotopic (exact) mass is 339 g/mol. The second-order valence-corrected chi connectivity index (χ2v) is 6.63. The Balaban J connectivity index is 1.69. The van der Waals surface area contributed by atoms with Gasteiger partial charge in [0.15, 0.2) is 0 Å². The fourth-order valence-corrected chi connectivity index (χ4v) is 3.52. The second kappa shape index (κ2) is 7.42. The van der Waals surface area contributed by atoms with Gasteiger partial charge < -0.3 is 5.32 Å². The average Bonchev–Trinajstić information content (AvgIpc) is 2.64. The van der Waals surface area contributed by atoms with E-state index in [0.717, 1.165) is 24.8 Å². The van der Waals surface area contributed by atoms with Crippen molar-refractivity contribution in [3.63, 3.8) is 0 Å². The van der Waals surface area contributed by atoms with Crippen LogP contribution in [0.3, 0.4) is 0 Å². The smallest absolute Gasteiger partial charge is 0.270 e. The number of nitro benzene ring substituents is 1. The summed E-state index contributed by atoms with van der Waals surface area (Å²) in [6.45, 7) is 2.20. The third-order valence-electron chi connectivity index (χ3n) is 4.96. The summed E-state index contributed by atoms with van der Waals surface area (Å²) in [4.78, 5) is 26.8. The van der Waals surface area contributed by atoms with Crippen LogP contribution in [0, 0.1) is 16.0 Å². The Morgan fingerprint density at radius 3 is 2.60 bits per heavy atom. The van der Waals surface area contributed by atoms with E-state index >= 15 is 0 Å². The molecule has 1 N–H and O–H groups in total. The molecule has 0 bridgehead atoms. The van der Waals surface area contributed by atoms with Crippen LogP contribution >= 0.6 is 0 Å².